The Morgan fingerprint density at radius 1 is 1.09 bits per heavy atom. The van der Waals surface area contributed by atoms with E-state index in [1.54, 1.807) is 31.7 Å². The van der Waals surface area contributed by atoms with E-state index >= 15 is 0 Å². The third-order valence-electron chi connectivity index (χ3n) is 7.09. The molecule has 1 saturated heterocycles. The first-order chi connectivity index (χ1) is 16.6. The Balaban J connectivity index is 1.43. The topological polar surface area (TPSA) is 93.7 Å². The molecule has 0 unspecified atom stereocenters. The van der Waals surface area contributed by atoms with Crippen LogP contribution in [0.5, 0.6) is 5.75 Å². The maximum Gasteiger partial charge on any atom is 0.275 e. The van der Waals surface area contributed by atoms with Gasteiger partial charge in [0, 0.05) is 31.0 Å². The summed E-state index contributed by atoms with van der Waals surface area (Å²) in [7, 11) is 3.25. The van der Waals surface area contributed by atoms with E-state index in [0.29, 0.717) is 30.1 Å². The Bertz CT molecular complexity index is 1190. The Labute approximate surface area is 202 Å². The number of benzene rings is 2. The van der Waals surface area contributed by atoms with E-state index in [0.717, 1.165) is 18.4 Å². The summed E-state index contributed by atoms with van der Waals surface area (Å²) in [5.41, 5.74) is 2.80. The lowest BCUT2D eigenvalue weighted by molar-refractivity contribution is -0.00938. The summed E-state index contributed by atoms with van der Waals surface area (Å²) in [4.78, 5) is 27.9. The first-order valence-corrected chi connectivity index (χ1v) is 12.0. The van der Waals surface area contributed by atoms with Crippen LogP contribution in [0.4, 0.5) is 0 Å². The van der Waals surface area contributed by atoms with Crippen molar-refractivity contribution in [1.82, 2.24) is 19.8 Å². The van der Waals surface area contributed by atoms with Gasteiger partial charge in [-0.05, 0) is 47.6 Å². The molecule has 1 fully saturated rings. The van der Waals surface area contributed by atoms with Crippen molar-refractivity contribution in [3.63, 3.8) is 0 Å². The van der Waals surface area contributed by atoms with Crippen LogP contribution in [-0.2, 0) is 10.2 Å². The minimum Gasteiger partial charge on any atom is -0.496 e. The van der Waals surface area contributed by atoms with E-state index in [-0.39, 0.29) is 29.4 Å². The number of para-hydroxylation sites is 1. The van der Waals surface area contributed by atoms with Crippen molar-refractivity contribution in [3.8, 4) is 5.75 Å². The lowest BCUT2D eigenvalue weighted by Crippen LogP contribution is -2.51. The fourth-order valence-electron chi connectivity index (χ4n) is 5.51. The molecule has 1 aromatic heterocycles. The number of piperidine rings is 1. The largest absolute Gasteiger partial charge is 0.496 e. The Morgan fingerprint density at radius 2 is 1.82 bits per heavy atom. The SMILES string of the molecule is COc1ccccc1C(=O)N[C@@H]1c2ccccc2C2(CCN(C(=O)c3csnn3)CC2)[C@H]1OC. The van der Waals surface area contributed by atoms with Gasteiger partial charge in [-0.15, -0.1) is 5.10 Å². The fraction of sp³-hybridized carbons (Fsp3) is 0.360. The van der Waals surface area contributed by atoms with Gasteiger partial charge in [0.05, 0.1) is 24.8 Å². The third kappa shape index (κ3) is 3.65. The van der Waals surface area contributed by atoms with Crippen LogP contribution in [0.1, 0.15) is 50.9 Å². The molecule has 5 rings (SSSR count). The number of methoxy groups -OCH3 is 2. The van der Waals surface area contributed by atoms with Crippen LogP contribution in [0.2, 0.25) is 0 Å². The number of rotatable bonds is 5. The van der Waals surface area contributed by atoms with Gasteiger partial charge in [-0.2, -0.15) is 0 Å². The Morgan fingerprint density at radius 3 is 2.53 bits per heavy atom. The van der Waals surface area contributed by atoms with Gasteiger partial charge in [-0.3, -0.25) is 9.59 Å². The molecule has 8 nitrogen and oxygen atoms in total. The van der Waals surface area contributed by atoms with Crippen molar-refractivity contribution in [1.29, 1.82) is 0 Å². The van der Waals surface area contributed by atoms with Crippen molar-refractivity contribution in [2.45, 2.75) is 30.4 Å². The molecule has 1 aliphatic carbocycles. The Kier molecular flexibility index (Phi) is 6.05. The lowest BCUT2D eigenvalue weighted by Gasteiger charge is -2.44. The molecule has 0 radical (unpaired) electrons. The summed E-state index contributed by atoms with van der Waals surface area (Å²) in [6, 6.07) is 15.1. The summed E-state index contributed by atoms with van der Waals surface area (Å²) in [6.07, 6.45) is 1.20. The quantitative estimate of drug-likeness (QED) is 0.605. The molecule has 1 aliphatic heterocycles. The minimum absolute atomic E-state index is 0.0927. The van der Waals surface area contributed by atoms with Crippen molar-refractivity contribution in [2.24, 2.45) is 0 Å². The molecule has 34 heavy (non-hydrogen) atoms. The van der Waals surface area contributed by atoms with E-state index in [4.69, 9.17) is 9.47 Å². The van der Waals surface area contributed by atoms with Crippen molar-refractivity contribution in [3.05, 3.63) is 76.3 Å². The molecule has 176 valence electrons. The number of hydrogen-bond donors (Lipinski definition) is 1. The van der Waals surface area contributed by atoms with Gasteiger partial charge in [0.15, 0.2) is 5.69 Å². The highest BCUT2D eigenvalue weighted by atomic mass is 32.1. The zero-order valence-electron chi connectivity index (χ0n) is 19.1. The highest BCUT2D eigenvalue weighted by Gasteiger charge is 2.54. The second-order valence-corrected chi connectivity index (χ2v) is 9.24. The highest BCUT2D eigenvalue weighted by Crippen LogP contribution is 2.52. The van der Waals surface area contributed by atoms with Crippen LogP contribution in [0, 0.1) is 0 Å². The van der Waals surface area contributed by atoms with E-state index in [1.807, 2.05) is 29.2 Å². The normalized spacial score (nSPS) is 20.7. The second kappa shape index (κ2) is 9.15. The van der Waals surface area contributed by atoms with Crippen LogP contribution in [0.15, 0.2) is 53.9 Å². The molecular formula is C25H26N4O4S. The predicted octanol–water partition coefficient (Wildman–Crippen LogP) is 3.22. The number of carbonyl (C=O) groups is 2. The van der Waals surface area contributed by atoms with Gasteiger partial charge in [0.2, 0.25) is 0 Å². The average molecular weight is 479 g/mol. The number of nitrogens with one attached hydrogen (secondary N) is 1. The molecule has 9 heteroatoms. The number of fused-ring (bicyclic) bond motifs is 2. The summed E-state index contributed by atoms with van der Waals surface area (Å²) >= 11 is 1.17. The number of likely N-dealkylation sites (tertiary alicyclic amines) is 1. The van der Waals surface area contributed by atoms with Gasteiger partial charge < -0.3 is 19.7 Å². The molecule has 1 N–H and O–H groups in total. The molecule has 2 heterocycles. The number of carbonyl (C=O) groups excluding carboxylic acids is 2. The van der Waals surface area contributed by atoms with Gasteiger partial charge >= 0.3 is 0 Å². The third-order valence-corrected chi connectivity index (χ3v) is 7.60. The van der Waals surface area contributed by atoms with Gasteiger partial charge in [0.25, 0.3) is 11.8 Å². The highest BCUT2D eigenvalue weighted by molar-refractivity contribution is 7.03. The summed E-state index contributed by atoms with van der Waals surface area (Å²) in [6.45, 7) is 1.16. The molecule has 2 aliphatic rings. The van der Waals surface area contributed by atoms with Gasteiger partial charge in [-0.25, -0.2) is 0 Å². The van der Waals surface area contributed by atoms with E-state index < -0.39 is 0 Å². The van der Waals surface area contributed by atoms with Crippen molar-refractivity contribution in [2.75, 3.05) is 27.3 Å². The van der Waals surface area contributed by atoms with Gasteiger partial charge in [-0.1, -0.05) is 40.9 Å². The second-order valence-electron chi connectivity index (χ2n) is 8.63. The van der Waals surface area contributed by atoms with E-state index in [9.17, 15) is 9.59 Å². The zero-order chi connectivity index (χ0) is 23.7. The van der Waals surface area contributed by atoms with Crippen LogP contribution >= 0.6 is 11.5 Å². The monoisotopic (exact) mass is 478 g/mol. The van der Waals surface area contributed by atoms with Gasteiger partial charge in [0.1, 0.15) is 5.75 Å². The summed E-state index contributed by atoms with van der Waals surface area (Å²) < 4.78 is 15.3. The fourth-order valence-corrected chi connectivity index (χ4v) is 5.94. The van der Waals surface area contributed by atoms with Crippen LogP contribution in [-0.4, -0.2) is 59.7 Å². The van der Waals surface area contributed by atoms with Crippen molar-refractivity contribution >= 4 is 23.3 Å². The molecule has 2 amide bonds. The molecule has 0 saturated carbocycles. The molecule has 2 atom stereocenters. The molecular weight excluding hydrogens is 452 g/mol. The van der Waals surface area contributed by atoms with Crippen molar-refractivity contribution < 1.29 is 19.1 Å². The van der Waals surface area contributed by atoms with Crippen LogP contribution < -0.4 is 10.1 Å². The zero-order valence-corrected chi connectivity index (χ0v) is 19.9. The standard InChI is InChI=1S/C25H26N4O4S/c1-32-20-10-6-4-8-17(20)23(30)26-21-16-7-3-5-9-18(16)25(22(21)33-2)11-13-29(14-12-25)24(31)19-15-34-28-27-19/h3-10,15,21-22H,11-14H2,1-2H3,(H,26,30)/t21-,22+/m1/s1. The Hall–Kier alpha value is -3.30. The number of nitrogens with zero attached hydrogens (tertiary/aromatic N) is 3. The number of amides is 2. The molecule has 3 aromatic rings. The molecule has 2 aromatic carbocycles. The molecule has 0 bridgehead atoms. The number of hydrogen-bond acceptors (Lipinski definition) is 7. The summed E-state index contributed by atoms with van der Waals surface area (Å²) in [5, 5.41) is 8.82. The average Bonchev–Trinajstić information content (AvgIpc) is 3.50. The minimum atomic E-state index is -0.316. The first kappa shape index (κ1) is 22.5. The number of aromatic nitrogens is 2. The first-order valence-electron chi connectivity index (χ1n) is 11.2. The maximum atomic E-state index is 13.3. The van der Waals surface area contributed by atoms with E-state index in [2.05, 4.69) is 27.0 Å². The summed E-state index contributed by atoms with van der Waals surface area (Å²) in [5.74, 6) is 0.225. The predicted molar refractivity (Wildman–Crippen MR) is 127 cm³/mol. The smallest absolute Gasteiger partial charge is 0.275 e. The maximum absolute atomic E-state index is 13.3. The molecule has 1 spiro atoms. The number of ether oxygens (including phenoxy) is 2. The van der Waals surface area contributed by atoms with Crippen LogP contribution in [0.25, 0.3) is 0 Å². The van der Waals surface area contributed by atoms with E-state index in [1.165, 1.54) is 17.1 Å². The lowest BCUT2D eigenvalue weighted by atomic mass is 9.72. The van der Waals surface area contributed by atoms with Crippen LogP contribution in [0.3, 0.4) is 0 Å².